The molecule has 5 heteroatoms. The van der Waals surface area contributed by atoms with Crippen molar-refractivity contribution in [2.75, 3.05) is 20.2 Å². The molecule has 0 saturated heterocycles. The third-order valence-corrected chi connectivity index (χ3v) is 3.48. The topological polar surface area (TPSA) is 78.8 Å². The number of methoxy groups -OCH3 is 1. The molecule has 0 aliphatic carbocycles. The Labute approximate surface area is 125 Å². The van der Waals surface area contributed by atoms with Crippen LogP contribution < -0.4 is 10.1 Å². The molecule has 0 spiro atoms. The van der Waals surface area contributed by atoms with Gasteiger partial charge in [0.05, 0.1) is 13.2 Å². The summed E-state index contributed by atoms with van der Waals surface area (Å²) in [4.78, 5) is 10.5. The van der Waals surface area contributed by atoms with Crippen molar-refractivity contribution < 1.29 is 19.7 Å². The Kier molecular flexibility index (Phi) is 7.79. The molecule has 0 aliphatic heterocycles. The van der Waals surface area contributed by atoms with Crippen molar-refractivity contribution in [3.05, 3.63) is 29.8 Å². The van der Waals surface area contributed by atoms with Gasteiger partial charge in [0.25, 0.3) is 0 Å². The fourth-order valence-corrected chi connectivity index (χ4v) is 2.07. The molecule has 2 unspecified atom stereocenters. The molecule has 3 N–H and O–H groups in total. The second-order valence-corrected chi connectivity index (χ2v) is 5.32. The first kappa shape index (κ1) is 17.5. The van der Waals surface area contributed by atoms with Crippen molar-refractivity contribution in [2.45, 2.75) is 32.3 Å². The molecule has 1 aromatic carbocycles. The minimum atomic E-state index is -0.747. The van der Waals surface area contributed by atoms with Gasteiger partial charge >= 0.3 is 5.97 Å². The SMILES string of the molecule is COc1cccc(C(O)CNCCC(C)CCC(=O)O)c1. The highest BCUT2D eigenvalue weighted by Crippen LogP contribution is 2.18. The van der Waals surface area contributed by atoms with Crippen LogP contribution in [0.25, 0.3) is 0 Å². The van der Waals surface area contributed by atoms with Gasteiger partial charge in [0.2, 0.25) is 0 Å². The van der Waals surface area contributed by atoms with Gasteiger partial charge in [0.1, 0.15) is 5.75 Å². The second-order valence-electron chi connectivity index (χ2n) is 5.32. The van der Waals surface area contributed by atoms with E-state index in [2.05, 4.69) is 5.32 Å². The van der Waals surface area contributed by atoms with E-state index < -0.39 is 12.1 Å². The van der Waals surface area contributed by atoms with E-state index in [9.17, 15) is 9.90 Å². The van der Waals surface area contributed by atoms with Gasteiger partial charge in [-0.25, -0.2) is 0 Å². The smallest absolute Gasteiger partial charge is 0.303 e. The van der Waals surface area contributed by atoms with E-state index in [4.69, 9.17) is 9.84 Å². The second kappa shape index (κ2) is 9.37. The van der Waals surface area contributed by atoms with Crippen LogP contribution in [-0.2, 0) is 4.79 Å². The van der Waals surface area contributed by atoms with E-state index in [0.29, 0.717) is 18.9 Å². The maximum absolute atomic E-state index is 10.5. The Bertz CT molecular complexity index is 436. The van der Waals surface area contributed by atoms with E-state index in [1.807, 2.05) is 31.2 Å². The first-order chi connectivity index (χ1) is 10.0. The summed E-state index contributed by atoms with van der Waals surface area (Å²) in [6.07, 6.45) is 1.23. The number of carboxylic acids is 1. The minimum absolute atomic E-state index is 0.216. The monoisotopic (exact) mass is 295 g/mol. The molecule has 0 fully saturated rings. The number of aliphatic carboxylic acids is 1. The Morgan fingerprint density at radius 3 is 2.81 bits per heavy atom. The van der Waals surface area contributed by atoms with Crippen LogP contribution in [0, 0.1) is 5.92 Å². The summed E-state index contributed by atoms with van der Waals surface area (Å²) < 4.78 is 5.13. The van der Waals surface area contributed by atoms with Crippen LogP contribution in [-0.4, -0.2) is 36.4 Å². The number of nitrogens with one attached hydrogen (secondary N) is 1. The average Bonchev–Trinajstić information content (AvgIpc) is 2.49. The van der Waals surface area contributed by atoms with E-state index in [1.165, 1.54) is 0 Å². The molecule has 0 heterocycles. The Morgan fingerprint density at radius 2 is 2.14 bits per heavy atom. The molecule has 0 amide bonds. The zero-order valence-electron chi connectivity index (χ0n) is 12.7. The summed E-state index contributed by atoms with van der Waals surface area (Å²) in [5, 5.41) is 21.9. The standard InChI is InChI=1S/C16H25NO4/c1-12(6-7-16(19)20)8-9-17-11-15(18)13-4-3-5-14(10-13)21-2/h3-5,10,12,15,17-18H,6-9,11H2,1-2H3,(H,19,20). The Morgan fingerprint density at radius 1 is 1.38 bits per heavy atom. The molecule has 0 aliphatic rings. The summed E-state index contributed by atoms with van der Waals surface area (Å²) in [7, 11) is 1.60. The lowest BCUT2D eigenvalue weighted by molar-refractivity contribution is -0.137. The lowest BCUT2D eigenvalue weighted by Crippen LogP contribution is -2.23. The molecule has 0 saturated carbocycles. The third kappa shape index (κ3) is 7.11. The predicted molar refractivity (Wildman–Crippen MR) is 81.5 cm³/mol. The van der Waals surface area contributed by atoms with Crippen LogP contribution in [0.4, 0.5) is 0 Å². The van der Waals surface area contributed by atoms with Gasteiger partial charge in [-0.05, 0) is 43.0 Å². The van der Waals surface area contributed by atoms with Crippen molar-refractivity contribution in [1.29, 1.82) is 0 Å². The fraction of sp³-hybridized carbons (Fsp3) is 0.562. The van der Waals surface area contributed by atoms with Crippen molar-refractivity contribution in [3.8, 4) is 5.75 Å². The lowest BCUT2D eigenvalue weighted by atomic mass is 10.0. The Balaban J connectivity index is 2.24. The van der Waals surface area contributed by atoms with Gasteiger partial charge in [-0.15, -0.1) is 0 Å². The van der Waals surface area contributed by atoms with Gasteiger partial charge in [-0.3, -0.25) is 4.79 Å². The Hall–Kier alpha value is -1.59. The van der Waals surface area contributed by atoms with Crippen molar-refractivity contribution in [1.82, 2.24) is 5.32 Å². The van der Waals surface area contributed by atoms with E-state index >= 15 is 0 Å². The molecule has 2 atom stereocenters. The van der Waals surface area contributed by atoms with Crippen molar-refractivity contribution in [2.24, 2.45) is 5.92 Å². The van der Waals surface area contributed by atoms with E-state index in [1.54, 1.807) is 7.11 Å². The molecule has 118 valence electrons. The zero-order chi connectivity index (χ0) is 15.7. The highest BCUT2D eigenvalue weighted by atomic mass is 16.5. The average molecular weight is 295 g/mol. The molecular weight excluding hydrogens is 270 g/mol. The third-order valence-electron chi connectivity index (χ3n) is 3.48. The van der Waals surface area contributed by atoms with Gasteiger partial charge < -0.3 is 20.3 Å². The maximum atomic E-state index is 10.5. The molecule has 0 bridgehead atoms. The van der Waals surface area contributed by atoms with Crippen LogP contribution in [0.5, 0.6) is 5.75 Å². The number of hydrogen-bond donors (Lipinski definition) is 3. The van der Waals surface area contributed by atoms with Gasteiger partial charge in [-0.2, -0.15) is 0 Å². The van der Waals surface area contributed by atoms with Gasteiger partial charge in [-0.1, -0.05) is 19.1 Å². The van der Waals surface area contributed by atoms with Crippen LogP contribution in [0.3, 0.4) is 0 Å². The molecule has 1 rings (SSSR count). The molecular formula is C16H25NO4. The zero-order valence-corrected chi connectivity index (χ0v) is 12.7. The van der Waals surface area contributed by atoms with Crippen molar-refractivity contribution >= 4 is 5.97 Å². The van der Waals surface area contributed by atoms with Crippen LogP contribution >= 0.6 is 0 Å². The molecule has 0 aromatic heterocycles. The molecule has 21 heavy (non-hydrogen) atoms. The highest BCUT2D eigenvalue weighted by Gasteiger charge is 2.09. The summed E-state index contributed by atoms with van der Waals surface area (Å²) in [6, 6.07) is 7.38. The van der Waals surface area contributed by atoms with Crippen LogP contribution in [0.1, 0.15) is 37.9 Å². The summed E-state index contributed by atoms with van der Waals surface area (Å²) in [5.74, 6) is 0.347. The maximum Gasteiger partial charge on any atom is 0.303 e. The molecule has 1 aromatic rings. The van der Waals surface area contributed by atoms with Gasteiger partial charge in [0.15, 0.2) is 0 Å². The lowest BCUT2D eigenvalue weighted by Gasteiger charge is -2.15. The van der Waals surface area contributed by atoms with Crippen LogP contribution in [0.2, 0.25) is 0 Å². The first-order valence-corrected chi connectivity index (χ1v) is 7.27. The number of rotatable bonds is 10. The number of carbonyl (C=O) groups is 1. The quantitative estimate of drug-likeness (QED) is 0.577. The number of benzene rings is 1. The number of ether oxygens (including phenoxy) is 1. The van der Waals surface area contributed by atoms with E-state index in [-0.39, 0.29) is 6.42 Å². The fourth-order valence-electron chi connectivity index (χ4n) is 2.07. The summed E-state index contributed by atoms with van der Waals surface area (Å²) >= 11 is 0. The van der Waals surface area contributed by atoms with Gasteiger partial charge in [0, 0.05) is 13.0 Å². The minimum Gasteiger partial charge on any atom is -0.497 e. The summed E-state index contributed by atoms with van der Waals surface area (Å²) in [6.45, 7) is 3.28. The normalized spacial score (nSPS) is 13.7. The number of carboxylic acid groups (broad SMARTS) is 1. The van der Waals surface area contributed by atoms with E-state index in [0.717, 1.165) is 24.3 Å². The summed E-state index contributed by atoms with van der Waals surface area (Å²) in [5.41, 5.74) is 0.820. The molecule has 5 nitrogen and oxygen atoms in total. The number of aliphatic hydroxyl groups excluding tert-OH is 1. The largest absolute Gasteiger partial charge is 0.497 e. The highest BCUT2D eigenvalue weighted by molar-refractivity contribution is 5.66. The first-order valence-electron chi connectivity index (χ1n) is 7.27. The molecule has 0 radical (unpaired) electrons. The van der Waals surface area contributed by atoms with Crippen molar-refractivity contribution in [3.63, 3.8) is 0 Å². The predicted octanol–water partition coefficient (Wildman–Crippen LogP) is 2.21. The number of aliphatic hydroxyl groups is 1. The number of hydrogen-bond acceptors (Lipinski definition) is 4. The van der Waals surface area contributed by atoms with Crippen LogP contribution in [0.15, 0.2) is 24.3 Å².